The van der Waals surface area contributed by atoms with Crippen molar-refractivity contribution >= 4 is 35.1 Å². The fourth-order valence-corrected chi connectivity index (χ4v) is 5.43. The van der Waals surface area contributed by atoms with Crippen molar-refractivity contribution in [2.24, 2.45) is 5.92 Å². The lowest BCUT2D eigenvalue weighted by Gasteiger charge is -2.43. The average molecular weight is 509 g/mol. The third-order valence-electron chi connectivity index (χ3n) is 7.05. The number of ketones is 1. The van der Waals surface area contributed by atoms with Crippen molar-refractivity contribution in [2.75, 3.05) is 20.1 Å². The summed E-state index contributed by atoms with van der Waals surface area (Å²) in [4.78, 5) is 28.8. The third kappa shape index (κ3) is 4.80. The number of rotatable bonds is 5. The van der Waals surface area contributed by atoms with E-state index in [1.54, 1.807) is 19.2 Å². The Bertz CT molecular complexity index is 1060. The normalized spacial score (nSPS) is 26.8. The fraction of sp³-hybridized carbons (Fsp3) is 0.440. The van der Waals surface area contributed by atoms with Crippen LogP contribution in [0.3, 0.4) is 0 Å². The summed E-state index contributed by atoms with van der Waals surface area (Å²) in [6, 6.07) is 10.4. The van der Waals surface area contributed by atoms with Crippen LogP contribution in [0.15, 0.2) is 42.5 Å². The second kappa shape index (κ2) is 10.2. The number of nitrogens with one attached hydrogen (secondary N) is 1. The minimum atomic E-state index is -1.23. The quantitative estimate of drug-likeness (QED) is 0.605. The zero-order valence-corrected chi connectivity index (χ0v) is 20.3. The van der Waals surface area contributed by atoms with Gasteiger partial charge in [-0.3, -0.25) is 9.69 Å². The van der Waals surface area contributed by atoms with Crippen molar-refractivity contribution in [3.05, 3.63) is 63.9 Å². The maximum absolute atomic E-state index is 14.1. The van der Waals surface area contributed by atoms with Crippen molar-refractivity contribution in [2.45, 2.75) is 43.2 Å². The Morgan fingerprint density at radius 1 is 1.09 bits per heavy atom. The van der Waals surface area contributed by atoms with Crippen LogP contribution in [-0.2, 0) is 4.79 Å². The van der Waals surface area contributed by atoms with Crippen LogP contribution < -0.4 is 10.1 Å². The maximum Gasteiger partial charge on any atom is 0.415 e. The monoisotopic (exact) mass is 508 g/mol. The van der Waals surface area contributed by atoms with E-state index in [9.17, 15) is 19.1 Å². The van der Waals surface area contributed by atoms with E-state index >= 15 is 0 Å². The van der Waals surface area contributed by atoms with E-state index in [1.807, 2.05) is 6.07 Å². The zero-order chi connectivity index (χ0) is 24.5. The summed E-state index contributed by atoms with van der Waals surface area (Å²) in [5.74, 6) is -1.03. The van der Waals surface area contributed by atoms with Crippen LogP contribution in [0.4, 0.5) is 9.18 Å². The number of halogens is 3. The lowest BCUT2D eigenvalue weighted by molar-refractivity contribution is -0.135. The van der Waals surface area contributed by atoms with E-state index < -0.39 is 29.5 Å². The first-order valence-corrected chi connectivity index (χ1v) is 12.1. The number of amides is 1. The van der Waals surface area contributed by atoms with Gasteiger partial charge in [0, 0.05) is 32.0 Å². The lowest BCUT2D eigenvalue weighted by atomic mass is 9.70. The van der Waals surface area contributed by atoms with Crippen molar-refractivity contribution in [1.82, 2.24) is 10.2 Å². The Labute approximate surface area is 208 Å². The first-order valence-electron chi connectivity index (χ1n) is 11.3. The van der Waals surface area contributed by atoms with Gasteiger partial charge >= 0.3 is 6.09 Å². The number of carbonyl (C=O) groups excluding carboxylic acids is 2. The van der Waals surface area contributed by atoms with Crippen molar-refractivity contribution in [1.29, 1.82) is 0 Å². The highest BCUT2D eigenvalue weighted by Crippen LogP contribution is 2.43. The minimum absolute atomic E-state index is 0.0703. The molecule has 1 aliphatic heterocycles. The zero-order valence-electron chi connectivity index (χ0n) is 18.8. The number of ether oxygens (including phenoxy) is 1. The number of Topliss-reactive ketones (excluding diaryl/α,β-unsaturated/α-hetero) is 1. The van der Waals surface area contributed by atoms with E-state index in [-0.39, 0.29) is 24.0 Å². The molecule has 182 valence electrons. The number of nitrogens with zero attached hydrogens (tertiary/aromatic N) is 1. The molecule has 2 atom stereocenters. The summed E-state index contributed by atoms with van der Waals surface area (Å²) in [5, 5.41) is 14.0. The molecule has 2 aliphatic rings. The van der Waals surface area contributed by atoms with Gasteiger partial charge < -0.3 is 15.2 Å². The molecule has 9 heteroatoms. The maximum atomic E-state index is 14.1. The second-order valence-electron chi connectivity index (χ2n) is 9.03. The SMILES string of the molecule is CN(C(=O)Oc1ccc(F)cc1)[C@@]1(C(=O)[C@H]2CC[C@@H](O)CC2)CNC[C@@H]1c1ccc(Cl)c(Cl)c1. The van der Waals surface area contributed by atoms with Gasteiger partial charge in [-0.15, -0.1) is 0 Å². The Balaban J connectivity index is 1.70. The molecule has 6 nitrogen and oxygen atoms in total. The standard InChI is InChI=1S/C25H27Cl2FN2O4/c1-30(24(33)34-19-9-5-17(28)6-10-19)25(23(32)15-2-7-18(31)8-3-15)14-29-13-20(25)16-4-11-21(26)22(27)12-16/h4-6,9-12,15,18,20,29,31H,2-3,7-8,13-14H2,1H3/t15-,18+,20-,25+/m1/s1. The predicted octanol–water partition coefficient (Wildman–Crippen LogP) is 4.81. The molecular formula is C25H27Cl2FN2O4. The molecule has 2 aromatic rings. The molecule has 1 aliphatic carbocycles. The van der Waals surface area contributed by atoms with E-state index in [2.05, 4.69) is 5.32 Å². The predicted molar refractivity (Wildman–Crippen MR) is 128 cm³/mol. The summed E-state index contributed by atoms with van der Waals surface area (Å²) >= 11 is 12.4. The molecule has 0 bridgehead atoms. The molecule has 1 saturated heterocycles. The highest BCUT2D eigenvalue weighted by atomic mass is 35.5. The number of aliphatic hydroxyl groups excluding tert-OH is 1. The molecule has 0 aromatic heterocycles. The Morgan fingerprint density at radius 2 is 1.76 bits per heavy atom. The van der Waals surface area contributed by atoms with Gasteiger partial charge in [0.1, 0.15) is 17.1 Å². The average Bonchev–Trinajstić information content (AvgIpc) is 3.28. The van der Waals surface area contributed by atoms with Crippen LogP contribution >= 0.6 is 23.2 Å². The van der Waals surface area contributed by atoms with Gasteiger partial charge in [0.05, 0.1) is 16.1 Å². The number of hydrogen-bond donors (Lipinski definition) is 2. The van der Waals surface area contributed by atoms with Crippen LogP contribution in [0.2, 0.25) is 10.0 Å². The van der Waals surface area contributed by atoms with Gasteiger partial charge in [0.15, 0.2) is 5.78 Å². The highest BCUT2D eigenvalue weighted by molar-refractivity contribution is 6.42. The van der Waals surface area contributed by atoms with Crippen molar-refractivity contribution < 1.29 is 23.8 Å². The van der Waals surface area contributed by atoms with E-state index in [0.717, 1.165) is 5.56 Å². The molecule has 1 saturated carbocycles. The topological polar surface area (TPSA) is 78.9 Å². The number of benzene rings is 2. The minimum Gasteiger partial charge on any atom is -0.410 e. The van der Waals surface area contributed by atoms with Crippen LogP contribution in [-0.4, -0.2) is 53.7 Å². The second-order valence-corrected chi connectivity index (χ2v) is 9.85. The molecule has 0 unspecified atom stereocenters. The van der Waals surface area contributed by atoms with Gasteiger partial charge in [-0.1, -0.05) is 29.3 Å². The molecule has 34 heavy (non-hydrogen) atoms. The molecular weight excluding hydrogens is 482 g/mol. The van der Waals surface area contributed by atoms with Gasteiger partial charge in [0.2, 0.25) is 0 Å². The third-order valence-corrected chi connectivity index (χ3v) is 7.79. The molecule has 0 radical (unpaired) electrons. The van der Waals surface area contributed by atoms with Gasteiger partial charge in [0.25, 0.3) is 0 Å². The van der Waals surface area contributed by atoms with Gasteiger partial charge in [-0.25, -0.2) is 9.18 Å². The van der Waals surface area contributed by atoms with Crippen molar-refractivity contribution in [3.8, 4) is 5.75 Å². The molecule has 2 fully saturated rings. The van der Waals surface area contributed by atoms with Crippen LogP contribution in [0.5, 0.6) is 5.75 Å². The number of hydrogen-bond acceptors (Lipinski definition) is 5. The molecule has 2 aromatic carbocycles. The Hall–Kier alpha value is -2.19. The summed E-state index contributed by atoms with van der Waals surface area (Å²) < 4.78 is 18.8. The first kappa shape index (κ1) is 24.9. The Kier molecular flexibility index (Phi) is 7.48. The summed E-state index contributed by atoms with van der Waals surface area (Å²) in [6.45, 7) is 0.692. The van der Waals surface area contributed by atoms with Crippen LogP contribution in [0.25, 0.3) is 0 Å². The molecule has 1 heterocycles. The fourth-order valence-electron chi connectivity index (χ4n) is 5.12. The smallest absolute Gasteiger partial charge is 0.410 e. The van der Waals surface area contributed by atoms with E-state index in [4.69, 9.17) is 27.9 Å². The Morgan fingerprint density at radius 3 is 2.41 bits per heavy atom. The van der Waals surface area contributed by atoms with Crippen LogP contribution in [0.1, 0.15) is 37.2 Å². The molecule has 1 amide bonds. The van der Waals surface area contributed by atoms with Crippen molar-refractivity contribution in [3.63, 3.8) is 0 Å². The molecule has 4 rings (SSSR count). The van der Waals surface area contributed by atoms with Gasteiger partial charge in [-0.05, 0) is 67.6 Å². The van der Waals surface area contributed by atoms with Crippen LogP contribution in [0, 0.1) is 11.7 Å². The number of carbonyl (C=O) groups is 2. The first-order chi connectivity index (χ1) is 16.2. The highest BCUT2D eigenvalue weighted by Gasteiger charge is 2.56. The summed E-state index contributed by atoms with van der Waals surface area (Å²) in [7, 11) is 1.55. The molecule has 2 N–H and O–H groups in total. The van der Waals surface area contributed by atoms with E-state index in [0.29, 0.717) is 42.3 Å². The number of aliphatic hydroxyl groups is 1. The lowest BCUT2D eigenvalue weighted by Crippen LogP contribution is -2.62. The van der Waals surface area contributed by atoms with E-state index in [1.165, 1.54) is 29.2 Å². The summed E-state index contributed by atoms with van der Waals surface area (Å²) in [5.41, 5.74) is -0.452. The van der Waals surface area contributed by atoms with Gasteiger partial charge in [-0.2, -0.15) is 0 Å². The molecule has 0 spiro atoms. The largest absolute Gasteiger partial charge is 0.415 e. The number of likely N-dealkylation sites (N-methyl/N-ethyl adjacent to an activating group) is 1. The summed E-state index contributed by atoms with van der Waals surface area (Å²) in [6.07, 6.45) is 1.06.